The van der Waals surface area contributed by atoms with Crippen LogP contribution in [0.3, 0.4) is 0 Å². The maximum Gasteiger partial charge on any atom is 0.186 e. The fourth-order valence-corrected chi connectivity index (χ4v) is 4.51. The van der Waals surface area contributed by atoms with E-state index in [0.717, 1.165) is 42.6 Å². The van der Waals surface area contributed by atoms with Crippen molar-refractivity contribution in [2.75, 3.05) is 43.1 Å². The lowest BCUT2D eigenvalue weighted by Gasteiger charge is -2.36. The zero-order chi connectivity index (χ0) is 17.4. The zero-order valence-corrected chi connectivity index (χ0v) is 15.8. The molecule has 3 aromatic rings. The SMILES string of the molecule is COc1cccc(N2CCN(c3nc4c(C)ccc(C)c4s3)CC2)c1. The lowest BCUT2D eigenvalue weighted by atomic mass is 10.1. The number of anilines is 2. The summed E-state index contributed by atoms with van der Waals surface area (Å²) in [6.45, 7) is 8.31. The van der Waals surface area contributed by atoms with E-state index in [0.29, 0.717) is 0 Å². The van der Waals surface area contributed by atoms with E-state index in [9.17, 15) is 0 Å². The van der Waals surface area contributed by atoms with Crippen LogP contribution in [0.25, 0.3) is 10.2 Å². The summed E-state index contributed by atoms with van der Waals surface area (Å²) in [5.74, 6) is 0.914. The van der Waals surface area contributed by atoms with Gasteiger partial charge in [-0.15, -0.1) is 0 Å². The van der Waals surface area contributed by atoms with E-state index in [2.05, 4.69) is 54.0 Å². The molecule has 1 aliphatic rings. The molecule has 4 nitrogen and oxygen atoms in total. The summed E-state index contributed by atoms with van der Waals surface area (Å²) in [4.78, 5) is 9.76. The van der Waals surface area contributed by atoms with Crippen LogP contribution in [0, 0.1) is 13.8 Å². The first-order valence-electron chi connectivity index (χ1n) is 8.66. The molecule has 0 radical (unpaired) electrons. The van der Waals surface area contributed by atoms with Crippen LogP contribution >= 0.6 is 11.3 Å². The Morgan fingerprint density at radius 3 is 2.40 bits per heavy atom. The van der Waals surface area contributed by atoms with Gasteiger partial charge < -0.3 is 14.5 Å². The number of hydrogen-bond donors (Lipinski definition) is 0. The summed E-state index contributed by atoms with van der Waals surface area (Å²) in [6.07, 6.45) is 0. The third-order valence-electron chi connectivity index (χ3n) is 4.90. The van der Waals surface area contributed by atoms with Gasteiger partial charge in [0, 0.05) is 37.9 Å². The van der Waals surface area contributed by atoms with Gasteiger partial charge in [-0.2, -0.15) is 0 Å². The van der Waals surface area contributed by atoms with Gasteiger partial charge in [-0.05, 0) is 37.1 Å². The lowest BCUT2D eigenvalue weighted by Crippen LogP contribution is -2.46. The molecule has 0 unspecified atom stereocenters. The number of rotatable bonds is 3. The summed E-state index contributed by atoms with van der Waals surface area (Å²) in [7, 11) is 1.72. The van der Waals surface area contributed by atoms with E-state index < -0.39 is 0 Å². The third kappa shape index (κ3) is 3.04. The largest absolute Gasteiger partial charge is 0.497 e. The van der Waals surface area contributed by atoms with Crippen molar-refractivity contribution in [3.05, 3.63) is 47.5 Å². The van der Waals surface area contributed by atoms with Crippen molar-refractivity contribution in [1.82, 2.24) is 4.98 Å². The average molecular weight is 353 g/mol. The number of aromatic nitrogens is 1. The molecule has 130 valence electrons. The zero-order valence-electron chi connectivity index (χ0n) is 15.0. The molecule has 1 saturated heterocycles. The van der Waals surface area contributed by atoms with Crippen LogP contribution in [0.1, 0.15) is 11.1 Å². The Morgan fingerprint density at radius 2 is 1.68 bits per heavy atom. The van der Waals surface area contributed by atoms with E-state index >= 15 is 0 Å². The van der Waals surface area contributed by atoms with E-state index in [1.165, 1.54) is 21.5 Å². The van der Waals surface area contributed by atoms with Gasteiger partial charge in [0.1, 0.15) is 5.75 Å². The molecule has 0 amide bonds. The smallest absolute Gasteiger partial charge is 0.186 e. The molecule has 2 heterocycles. The maximum absolute atomic E-state index is 5.35. The Hall–Kier alpha value is -2.27. The summed E-state index contributed by atoms with van der Waals surface area (Å²) in [5.41, 5.74) is 4.97. The maximum atomic E-state index is 5.35. The topological polar surface area (TPSA) is 28.6 Å². The monoisotopic (exact) mass is 353 g/mol. The molecule has 0 saturated carbocycles. The van der Waals surface area contributed by atoms with Gasteiger partial charge in [0.15, 0.2) is 5.13 Å². The average Bonchev–Trinajstić information content (AvgIpc) is 3.12. The number of piperazine rings is 1. The highest BCUT2D eigenvalue weighted by Gasteiger charge is 2.21. The summed E-state index contributed by atoms with van der Waals surface area (Å²) in [6, 6.07) is 12.7. The molecule has 1 fully saturated rings. The van der Waals surface area contributed by atoms with Crippen molar-refractivity contribution in [2.24, 2.45) is 0 Å². The number of ether oxygens (including phenoxy) is 1. The van der Waals surface area contributed by atoms with Crippen LogP contribution < -0.4 is 14.5 Å². The fourth-order valence-electron chi connectivity index (χ4n) is 3.35. The molecule has 25 heavy (non-hydrogen) atoms. The number of fused-ring (bicyclic) bond motifs is 1. The molecular weight excluding hydrogens is 330 g/mol. The van der Waals surface area contributed by atoms with Crippen molar-refractivity contribution in [1.29, 1.82) is 0 Å². The second kappa shape index (κ2) is 6.56. The third-order valence-corrected chi connectivity index (χ3v) is 6.15. The molecule has 0 spiro atoms. The molecule has 0 bridgehead atoms. The van der Waals surface area contributed by atoms with E-state index in [4.69, 9.17) is 9.72 Å². The molecular formula is C20H23N3OS. The standard InChI is InChI=1S/C20H23N3OS/c1-14-7-8-15(2)19-18(14)21-20(25-19)23-11-9-22(10-12-23)16-5-4-6-17(13-16)24-3/h4-8,13H,9-12H2,1-3H3. The van der Waals surface area contributed by atoms with Crippen LogP contribution in [-0.4, -0.2) is 38.3 Å². The normalized spacial score (nSPS) is 15.0. The van der Waals surface area contributed by atoms with Crippen molar-refractivity contribution in [3.8, 4) is 5.75 Å². The van der Waals surface area contributed by atoms with Crippen LogP contribution in [-0.2, 0) is 0 Å². The Labute approximate surface area is 152 Å². The molecule has 1 aliphatic heterocycles. The predicted molar refractivity (Wildman–Crippen MR) is 107 cm³/mol. The lowest BCUT2D eigenvalue weighted by molar-refractivity contribution is 0.414. The number of benzene rings is 2. The Bertz CT molecular complexity index is 858. The summed E-state index contributed by atoms with van der Waals surface area (Å²) in [5, 5.41) is 1.15. The first kappa shape index (κ1) is 16.2. The molecule has 1 aromatic heterocycles. The highest BCUT2D eigenvalue weighted by molar-refractivity contribution is 7.22. The fraction of sp³-hybridized carbons (Fsp3) is 0.350. The van der Waals surface area contributed by atoms with E-state index in [-0.39, 0.29) is 0 Å². The molecule has 5 heteroatoms. The van der Waals surface area contributed by atoms with Crippen LogP contribution in [0.15, 0.2) is 36.4 Å². The van der Waals surface area contributed by atoms with E-state index in [1.54, 1.807) is 7.11 Å². The number of aryl methyl sites for hydroxylation is 2. The predicted octanol–water partition coefficient (Wildman–Crippen LogP) is 4.25. The first-order chi connectivity index (χ1) is 12.2. The molecule has 0 aliphatic carbocycles. The highest BCUT2D eigenvalue weighted by Crippen LogP contribution is 2.33. The second-order valence-corrected chi connectivity index (χ2v) is 7.53. The Kier molecular flexibility index (Phi) is 4.25. The van der Waals surface area contributed by atoms with Crippen molar-refractivity contribution in [2.45, 2.75) is 13.8 Å². The quantitative estimate of drug-likeness (QED) is 0.704. The minimum absolute atomic E-state index is 0.914. The minimum atomic E-state index is 0.914. The van der Waals surface area contributed by atoms with Crippen molar-refractivity contribution >= 4 is 32.4 Å². The molecule has 0 N–H and O–H groups in total. The van der Waals surface area contributed by atoms with Gasteiger partial charge in [0.2, 0.25) is 0 Å². The number of thiazole rings is 1. The highest BCUT2D eigenvalue weighted by atomic mass is 32.1. The number of methoxy groups -OCH3 is 1. The Morgan fingerprint density at radius 1 is 0.960 bits per heavy atom. The van der Waals surface area contributed by atoms with Crippen molar-refractivity contribution in [3.63, 3.8) is 0 Å². The van der Waals surface area contributed by atoms with Gasteiger partial charge in [0.05, 0.1) is 17.3 Å². The number of hydrogen-bond acceptors (Lipinski definition) is 5. The summed E-state index contributed by atoms with van der Waals surface area (Å²) < 4.78 is 6.67. The van der Waals surface area contributed by atoms with E-state index in [1.807, 2.05) is 17.4 Å². The second-order valence-electron chi connectivity index (χ2n) is 6.55. The number of nitrogens with zero attached hydrogens (tertiary/aromatic N) is 3. The molecule has 0 atom stereocenters. The summed E-state index contributed by atoms with van der Waals surface area (Å²) >= 11 is 1.82. The van der Waals surface area contributed by atoms with Gasteiger partial charge in [-0.1, -0.05) is 29.5 Å². The van der Waals surface area contributed by atoms with Crippen LogP contribution in [0.2, 0.25) is 0 Å². The van der Waals surface area contributed by atoms with Crippen LogP contribution in [0.4, 0.5) is 10.8 Å². The minimum Gasteiger partial charge on any atom is -0.497 e. The van der Waals surface area contributed by atoms with Gasteiger partial charge in [0.25, 0.3) is 0 Å². The van der Waals surface area contributed by atoms with Crippen LogP contribution in [0.5, 0.6) is 5.75 Å². The van der Waals surface area contributed by atoms with Crippen molar-refractivity contribution < 1.29 is 4.74 Å². The van der Waals surface area contributed by atoms with Gasteiger partial charge in [-0.25, -0.2) is 4.98 Å². The first-order valence-corrected chi connectivity index (χ1v) is 9.48. The molecule has 2 aromatic carbocycles. The Balaban J connectivity index is 1.52. The molecule has 4 rings (SSSR count). The van der Waals surface area contributed by atoms with Gasteiger partial charge in [-0.3, -0.25) is 0 Å². The van der Waals surface area contributed by atoms with Gasteiger partial charge >= 0.3 is 0 Å².